The number of para-hydroxylation sites is 1. The first kappa shape index (κ1) is 22.6. The number of ether oxygens (including phenoxy) is 1. The van der Waals surface area contributed by atoms with Crippen LogP contribution >= 0.6 is 23.4 Å². The fourth-order valence-corrected chi connectivity index (χ4v) is 4.16. The minimum Gasteiger partial charge on any atom is -0.489 e. The van der Waals surface area contributed by atoms with Gasteiger partial charge >= 0.3 is 0 Å². The monoisotopic (exact) mass is 480 g/mol. The van der Waals surface area contributed by atoms with Gasteiger partial charge in [-0.1, -0.05) is 48.0 Å². The van der Waals surface area contributed by atoms with Crippen LogP contribution in [-0.2, 0) is 17.9 Å². The Bertz CT molecular complexity index is 1240. The Morgan fingerprint density at radius 3 is 2.39 bits per heavy atom. The molecule has 3 aromatic carbocycles. The molecular weight excluding hydrogens is 464 g/mol. The first-order valence-corrected chi connectivity index (χ1v) is 11.0. The summed E-state index contributed by atoms with van der Waals surface area (Å²) in [7, 11) is 0. The first-order valence-electron chi connectivity index (χ1n) is 9.86. The van der Waals surface area contributed by atoms with E-state index in [2.05, 4.69) is 0 Å². The number of rotatable bonds is 7. The zero-order valence-corrected chi connectivity index (χ0v) is 18.7. The number of amides is 2. The van der Waals surface area contributed by atoms with Gasteiger partial charge in [-0.3, -0.25) is 24.6 Å². The van der Waals surface area contributed by atoms with E-state index in [-0.39, 0.29) is 30.0 Å². The molecule has 166 valence electrons. The summed E-state index contributed by atoms with van der Waals surface area (Å²) in [6, 6.07) is 20.3. The average Bonchev–Trinajstić information content (AvgIpc) is 3.07. The highest BCUT2D eigenvalue weighted by Crippen LogP contribution is 2.33. The van der Waals surface area contributed by atoms with Crippen molar-refractivity contribution >= 4 is 46.3 Å². The van der Waals surface area contributed by atoms with Crippen LogP contribution in [0.5, 0.6) is 5.75 Å². The Labute approximate surface area is 198 Å². The molecule has 0 saturated carbocycles. The predicted molar refractivity (Wildman–Crippen MR) is 127 cm³/mol. The number of halogens is 1. The van der Waals surface area contributed by atoms with Gasteiger partial charge in [-0.05, 0) is 59.3 Å². The van der Waals surface area contributed by atoms with E-state index in [1.807, 2.05) is 0 Å². The predicted octanol–water partition coefficient (Wildman–Crippen LogP) is 6.06. The van der Waals surface area contributed by atoms with E-state index in [1.165, 1.54) is 11.0 Å². The zero-order valence-electron chi connectivity index (χ0n) is 17.1. The van der Waals surface area contributed by atoms with Crippen LogP contribution in [0, 0.1) is 10.1 Å². The Kier molecular flexibility index (Phi) is 6.76. The maximum Gasteiger partial charge on any atom is 0.293 e. The minimum atomic E-state index is -0.443. The molecule has 1 aliphatic heterocycles. The summed E-state index contributed by atoms with van der Waals surface area (Å²) in [6.45, 7) is 0.234. The van der Waals surface area contributed by atoms with E-state index in [4.69, 9.17) is 16.3 Å². The second kappa shape index (κ2) is 9.89. The molecule has 0 N–H and O–H groups in total. The molecule has 0 bridgehead atoms. The molecule has 0 radical (unpaired) electrons. The van der Waals surface area contributed by atoms with Crippen LogP contribution in [0.1, 0.15) is 16.7 Å². The van der Waals surface area contributed by atoms with Crippen LogP contribution in [0.3, 0.4) is 0 Å². The van der Waals surface area contributed by atoms with Gasteiger partial charge in [0.2, 0.25) is 0 Å². The van der Waals surface area contributed by atoms with E-state index in [0.717, 1.165) is 22.9 Å². The summed E-state index contributed by atoms with van der Waals surface area (Å²) in [4.78, 5) is 37.3. The Balaban J connectivity index is 1.41. The molecule has 3 aromatic rings. The van der Waals surface area contributed by atoms with Gasteiger partial charge in [-0.15, -0.1) is 0 Å². The molecule has 7 nitrogen and oxygen atoms in total. The minimum absolute atomic E-state index is 0.00319. The number of carbonyl (C=O) groups is 2. The lowest BCUT2D eigenvalue weighted by Gasteiger charge is -2.12. The molecule has 1 heterocycles. The van der Waals surface area contributed by atoms with E-state index in [9.17, 15) is 19.7 Å². The maximum atomic E-state index is 12.7. The summed E-state index contributed by atoms with van der Waals surface area (Å²) < 4.78 is 5.67. The topological polar surface area (TPSA) is 89.7 Å². The van der Waals surface area contributed by atoms with Crippen LogP contribution in [0.15, 0.2) is 77.7 Å². The van der Waals surface area contributed by atoms with Crippen molar-refractivity contribution < 1.29 is 19.2 Å². The lowest BCUT2D eigenvalue weighted by molar-refractivity contribution is -0.385. The number of carbonyl (C=O) groups excluding carboxylic acids is 2. The number of hydrogen-bond donors (Lipinski definition) is 0. The van der Waals surface area contributed by atoms with Gasteiger partial charge in [-0.2, -0.15) is 0 Å². The third-order valence-corrected chi connectivity index (χ3v) is 6.05. The molecule has 1 saturated heterocycles. The summed E-state index contributed by atoms with van der Waals surface area (Å²) in [5.41, 5.74) is 2.01. The van der Waals surface area contributed by atoms with Gasteiger partial charge in [-0.25, -0.2) is 0 Å². The molecule has 4 rings (SSSR count). The first-order chi connectivity index (χ1) is 15.9. The fourth-order valence-electron chi connectivity index (χ4n) is 3.19. The molecule has 2 amide bonds. The molecule has 0 unspecified atom stereocenters. The molecule has 1 fully saturated rings. The summed E-state index contributed by atoms with van der Waals surface area (Å²) in [6.07, 6.45) is 1.65. The van der Waals surface area contributed by atoms with E-state index in [0.29, 0.717) is 21.2 Å². The third-order valence-electron chi connectivity index (χ3n) is 4.89. The molecule has 0 aliphatic carbocycles. The molecular formula is C24H17ClN2O5S. The Hall–Kier alpha value is -3.62. The van der Waals surface area contributed by atoms with E-state index >= 15 is 0 Å². The van der Waals surface area contributed by atoms with Crippen LogP contribution in [-0.4, -0.2) is 21.0 Å². The SMILES string of the molecule is O=C1S/C(=C\c2ccc(OCc3ccccc3[N+](=O)[O-])cc2)C(=O)N1Cc1ccc(Cl)cc1. The summed E-state index contributed by atoms with van der Waals surface area (Å²) in [5, 5.41) is 11.4. The number of nitro benzene ring substituents is 1. The van der Waals surface area contributed by atoms with Crippen molar-refractivity contribution in [3.05, 3.63) is 110 Å². The van der Waals surface area contributed by atoms with Crippen molar-refractivity contribution in [1.82, 2.24) is 4.90 Å². The van der Waals surface area contributed by atoms with Crippen LogP contribution in [0.25, 0.3) is 6.08 Å². The standard InChI is InChI=1S/C24H17ClN2O5S/c25-19-9-5-17(6-10-19)14-26-23(28)22(33-24(26)29)13-16-7-11-20(12-8-16)32-15-18-3-1-2-4-21(18)27(30)31/h1-13H,14-15H2/b22-13-. The van der Waals surface area contributed by atoms with Crippen molar-refractivity contribution in [1.29, 1.82) is 0 Å². The Morgan fingerprint density at radius 1 is 1.00 bits per heavy atom. The smallest absolute Gasteiger partial charge is 0.293 e. The van der Waals surface area contributed by atoms with Gasteiger partial charge in [0, 0.05) is 11.1 Å². The average molecular weight is 481 g/mol. The zero-order chi connectivity index (χ0) is 23.4. The van der Waals surface area contributed by atoms with Crippen LogP contribution < -0.4 is 4.74 Å². The lowest BCUT2D eigenvalue weighted by atomic mass is 10.2. The van der Waals surface area contributed by atoms with E-state index < -0.39 is 4.92 Å². The largest absolute Gasteiger partial charge is 0.489 e. The van der Waals surface area contributed by atoms with Gasteiger partial charge in [0.15, 0.2) is 0 Å². The number of nitrogens with zero attached hydrogens (tertiary/aromatic N) is 2. The van der Waals surface area contributed by atoms with Crippen molar-refractivity contribution in [2.45, 2.75) is 13.2 Å². The highest BCUT2D eigenvalue weighted by molar-refractivity contribution is 8.18. The molecule has 0 atom stereocenters. The van der Waals surface area contributed by atoms with Crippen LogP contribution in [0.4, 0.5) is 10.5 Å². The number of thioether (sulfide) groups is 1. The Morgan fingerprint density at radius 2 is 1.70 bits per heavy atom. The summed E-state index contributed by atoms with van der Waals surface area (Å²) >= 11 is 6.78. The van der Waals surface area contributed by atoms with Crippen molar-refractivity contribution in [3.63, 3.8) is 0 Å². The second-order valence-corrected chi connectivity index (χ2v) is 8.57. The van der Waals surface area contributed by atoms with Crippen LogP contribution in [0.2, 0.25) is 5.02 Å². The summed E-state index contributed by atoms with van der Waals surface area (Å²) in [5.74, 6) is 0.179. The second-order valence-electron chi connectivity index (χ2n) is 7.14. The van der Waals surface area contributed by atoms with Gasteiger partial charge in [0.1, 0.15) is 12.4 Å². The maximum absolute atomic E-state index is 12.7. The van der Waals surface area contributed by atoms with Crippen molar-refractivity contribution in [2.24, 2.45) is 0 Å². The molecule has 1 aliphatic rings. The van der Waals surface area contributed by atoms with E-state index in [1.54, 1.807) is 72.8 Å². The van der Waals surface area contributed by atoms with Crippen molar-refractivity contribution in [3.8, 4) is 5.75 Å². The van der Waals surface area contributed by atoms with Gasteiger partial charge in [0.25, 0.3) is 16.8 Å². The van der Waals surface area contributed by atoms with Crippen molar-refractivity contribution in [2.75, 3.05) is 0 Å². The van der Waals surface area contributed by atoms with Gasteiger partial charge < -0.3 is 4.74 Å². The fraction of sp³-hybridized carbons (Fsp3) is 0.0833. The molecule has 0 spiro atoms. The third kappa shape index (κ3) is 5.42. The highest BCUT2D eigenvalue weighted by atomic mass is 35.5. The molecule has 33 heavy (non-hydrogen) atoms. The number of benzene rings is 3. The normalized spacial score (nSPS) is 14.7. The molecule has 0 aromatic heterocycles. The number of hydrogen-bond acceptors (Lipinski definition) is 6. The van der Waals surface area contributed by atoms with Gasteiger partial charge in [0.05, 0.1) is 21.9 Å². The number of imide groups is 1. The molecule has 9 heteroatoms. The number of nitro groups is 1. The quantitative estimate of drug-likeness (QED) is 0.232. The highest BCUT2D eigenvalue weighted by Gasteiger charge is 2.34. The lowest BCUT2D eigenvalue weighted by Crippen LogP contribution is -2.27.